The topological polar surface area (TPSA) is 169 Å². The van der Waals surface area contributed by atoms with E-state index in [2.05, 4.69) is 25.7 Å². The highest BCUT2D eigenvalue weighted by Gasteiger charge is 2.55. The van der Waals surface area contributed by atoms with Crippen molar-refractivity contribution < 1.29 is 58.4 Å². The average Bonchev–Trinajstić information content (AvgIpc) is 3.10. The quantitative estimate of drug-likeness (QED) is 0.251. The van der Waals surface area contributed by atoms with Gasteiger partial charge in [0.05, 0.1) is 54.4 Å². The SMILES string of the molecule is CCCN1CO[C@@H]2[C@@H](C)[C@@H]1[C@H](C)C[C@@](C)(O)[C@H](O[C@@H]1O[C@H](C)C[C@H](N(C)C)[C@H]1O)[C@@H](C)C(O[C@H]1C[C@@](C)(OC)[C@@H](O)[C@H](C)O1)[C@@H](C)C(=O)OC(CC)[C@@]2(C)O. The van der Waals surface area contributed by atoms with E-state index >= 15 is 0 Å². The molecule has 4 rings (SSSR count). The smallest absolute Gasteiger partial charge is 0.311 e. The number of likely N-dealkylation sites (N-methyl/N-ethyl adjacent to an activating group) is 1. The molecule has 0 saturated carbocycles. The highest BCUT2D eigenvalue weighted by molar-refractivity contribution is 5.73. The molecule has 0 aromatic carbocycles. The van der Waals surface area contributed by atoms with E-state index in [0.717, 1.165) is 13.0 Å². The number of methoxy groups -OCH3 is 1. The van der Waals surface area contributed by atoms with Crippen LogP contribution in [0, 0.1) is 23.7 Å². The Morgan fingerprint density at radius 2 is 1.60 bits per heavy atom. The van der Waals surface area contributed by atoms with Gasteiger partial charge >= 0.3 is 5.97 Å². The number of aliphatic hydroxyl groups is 4. The van der Waals surface area contributed by atoms with Gasteiger partial charge in [0.2, 0.25) is 0 Å². The van der Waals surface area contributed by atoms with Crippen molar-refractivity contribution in [1.29, 1.82) is 0 Å². The summed E-state index contributed by atoms with van der Waals surface area (Å²) in [6, 6.07) is -0.372. The van der Waals surface area contributed by atoms with Crippen molar-refractivity contribution in [3.8, 4) is 0 Å². The lowest BCUT2D eigenvalue weighted by Gasteiger charge is -2.53. The summed E-state index contributed by atoms with van der Waals surface area (Å²) in [5.74, 6) is -2.61. The van der Waals surface area contributed by atoms with Crippen LogP contribution in [0.2, 0.25) is 0 Å². The maximum atomic E-state index is 14.4. The fourth-order valence-corrected chi connectivity index (χ4v) is 10.4. The van der Waals surface area contributed by atoms with Crippen molar-refractivity contribution in [2.45, 2.75) is 199 Å². The summed E-state index contributed by atoms with van der Waals surface area (Å²) in [5.41, 5.74) is -4.09. The number of fused-ring (bicyclic) bond motifs is 2. The van der Waals surface area contributed by atoms with Gasteiger partial charge < -0.3 is 58.5 Å². The Labute approximate surface area is 330 Å². The van der Waals surface area contributed by atoms with Crippen LogP contribution in [0.25, 0.3) is 0 Å². The van der Waals surface area contributed by atoms with E-state index in [9.17, 15) is 25.2 Å². The van der Waals surface area contributed by atoms with Crippen LogP contribution in [0.15, 0.2) is 0 Å². The highest BCUT2D eigenvalue weighted by Crippen LogP contribution is 2.43. The number of esters is 1. The number of hydrogen-bond donors (Lipinski definition) is 4. The first kappa shape index (κ1) is 46.7. The molecule has 4 N–H and O–H groups in total. The van der Waals surface area contributed by atoms with Gasteiger partial charge in [0.25, 0.3) is 0 Å². The van der Waals surface area contributed by atoms with E-state index in [0.29, 0.717) is 12.8 Å². The highest BCUT2D eigenvalue weighted by atomic mass is 16.7. The lowest BCUT2D eigenvalue weighted by atomic mass is 9.71. The molecule has 2 unspecified atom stereocenters. The van der Waals surface area contributed by atoms with Gasteiger partial charge in [-0.2, -0.15) is 0 Å². The van der Waals surface area contributed by atoms with Crippen molar-refractivity contribution in [2.24, 2.45) is 23.7 Å². The van der Waals surface area contributed by atoms with Crippen LogP contribution in [0.1, 0.15) is 108 Å². The fraction of sp³-hybridized carbons (Fsp3) is 0.976. The Morgan fingerprint density at radius 3 is 2.18 bits per heavy atom. The van der Waals surface area contributed by atoms with Gasteiger partial charge in [-0.3, -0.25) is 9.69 Å². The summed E-state index contributed by atoms with van der Waals surface area (Å²) < 4.78 is 44.6. The Morgan fingerprint density at radius 1 is 0.945 bits per heavy atom. The summed E-state index contributed by atoms with van der Waals surface area (Å²) >= 11 is 0. The van der Waals surface area contributed by atoms with E-state index in [4.69, 9.17) is 33.2 Å². The molecule has 2 bridgehead atoms. The lowest BCUT2D eigenvalue weighted by Crippen LogP contribution is -2.65. The molecule has 4 fully saturated rings. The number of aliphatic hydroxyl groups excluding tert-OH is 2. The maximum Gasteiger partial charge on any atom is 0.311 e. The molecular weight excluding hydrogens is 712 g/mol. The summed E-state index contributed by atoms with van der Waals surface area (Å²) in [7, 11) is 5.34. The number of carbonyl (C=O) groups is 1. The third-order valence-corrected chi connectivity index (χ3v) is 13.4. The van der Waals surface area contributed by atoms with Crippen molar-refractivity contribution in [2.75, 3.05) is 34.5 Å². The lowest BCUT2D eigenvalue weighted by molar-refractivity contribution is -0.319. The number of carbonyl (C=O) groups excluding carboxylic acids is 1. The van der Waals surface area contributed by atoms with Crippen molar-refractivity contribution in [3.63, 3.8) is 0 Å². The number of hydrogen-bond acceptors (Lipinski definition) is 14. The predicted molar refractivity (Wildman–Crippen MR) is 206 cm³/mol. The molecule has 0 amide bonds. The van der Waals surface area contributed by atoms with E-state index in [1.54, 1.807) is 34.6 Å². The monoisotopic (exact) mass is 789 g/mol. The maximum absolute atomic E-state index is 14.4. The zero-order valence-electron chi connectivity index (χ0n) is 36.1. The molecule has 14 nitrogen and oxygen atoms in total. The minimum absolute atomic E-state index is 0.111. The van der Waals surface area contributed by atoms with E-state index in [1.807, 2.05) is 39.8 Å². The molecule has 0 radical (unpaired) electrons. The molecule has 4 aliphatic heterocycles. The summed E-state index contributed by atoms with van der Waals surface area (Å²) in [5, 5.41) is 47.8. The molecule has 4 aliphatic rings. The summed E-state index contributed by atoms with van der Waals surface area (Å²) in [6.45, 7) is 21.7. The largest absolute Gasteiger partial charge is 0.459 e. The van der Waals surface area contributed by atoms with Crippen molar-refractivity contribution in [1.82, 2.24) is 9.80 Å². The zero-order valence-corrected chi connectivity index (χ0v) is 36.1. The van der Waals surface area contributed by atoms with Crippen LogP contribution in [-0.4, -0.2) is 161 Å². The third kappa shape index (κ3) is 9.90. The van der Waals surface area contributed by atoms with Crippen LogP contribution < -0.4 is 0 Å². The molecule has 55 heavy (non-hydrogen) atoms. The number of nitrogens with zero attached hydrogens (tertiary/aromatic N) is 2. The molecule has 0 spiro atoms. The number of cyclic esters (lactones) is 1. The van der Waals surface area contributed by atoms with Gasteiger partial charge in [-0.1, -0.05) is 34.6 Å². The van der Waals surface area contributed by atoms with Gasteiger partial charge in [0, 0.05) is 44.0 Å². The van der Waals surface area contributed by atoms with Crippen LogP contribution >= 0.6 is 0 Å². The first-order valence-corrected chi connectivity index (χ1v) is 20.7. The van der Waals surface area contributed by atoms with Crippen LogP contribution in [0.3, 0.4) is 0 Å². The van der Waals surface area contributed by atoms with Crippen molar-refractivity contribution >= 4 is 5.97 Å². The Hall–Kier alpha value is -1.01. The van der Waals surface area contributed by atoms with E-state index in [-0.39, 0.29) is 49.6 Å². The zero-order chi connectivity index (χ0) is 41.4. The van der Waals surface area contributed by atoms with Crippen LogP contribution in [0.4, 0.5) is 0 Å². The summed E-state index contributed by atoms with van der Waals surface area (Å²) in [6.07, 6.45) is -6.18. The second-order valence-corrected chi connectivity index (χ2v) is 18.3. The molecule has 322 valence electrons. The minimum atomic E-state index is -1.55. The van der Waals surface area contributed by atoms with Crippen LogP contribution in [-0.2, 0) is 38.0 Å². The normalized spacial score (nSPS) is 49.7. The van der Waals surface area contributed by atoms with Gasteiger partial charge in [-0.15, -0.1) is 0 Å². The molecular formula is C41H76N2O12. The molecule has 0 aromatic heterocycles. The first-order valence-electron chi connectivity index (χ1n) is 20.7. The minimum Gasteiger partial charge on any atom is -0.459 e. The molecule has 0 aromatic rings. The van der Waals surface area contributed by atoms with Crippen molar-refractivity contribution in [3.05, 3.63) is 0 Å². The molecule has 19 atom stereocenters. The second-order valence-electron chi connectivity index (χ2n) is 18.3. The van der Waals surface area contributed by atoms with E-state index < -0.39 is 89.9 Å². The third-order valence-electron chi connectivity index (χ3n) is 13.4. The van der Waals surface area contributed by atoms with Gasteiger partial charge in [0.15, 0.2) is 12.6 Å². The summed E-state index contributed by atoms with van der Waals surface area (Å²) in [4.78, 5) is 18.6. The Kier molecular flexibility index (Phi) is 15.7. The molecule has 4 heterocycles. The fourth-order valence-electron chi connectivity index (χ4n) is 10.4. The van der Waals surface area contributed by atoms with Gasteiger partial charge in [-0.25, -0.2) is 0 Å². The van der Waals surface area contributed by atoms with E-state index in [1.165, 1.54) is 7.11 Å². The molecule has 0 aliphatic carbocycles. The molecule has 4 saturated heterocycles. The van der Waals surface area contributed by atoms with Crippen LogP contribution in [0.5, 0.6) is 0 Å². The molecule has 14 heteroatoms. The predicted octanol–water partition coefficient (Wildman–Crippen LogP) is 3.29. The Bertz CT molecular complexity index is 1240. The van der Waals surface area contributed by atoms with Gasteiger partial charge in [-0.05, 0) is 87.2 Å². The number of ether oxygens (including phenoxy) is 7. The standard InChI is InChI=1S/C41H76N2O12/c1-15-17-43-21-50-36-24(5)31(43)22(3)19-39(9,47)35(55-38-32(44)28(42(12)13)18-23(4)51-38)25(6)33(26(7)37(46)53-29(16-2)41(36,11)48)54-30-20-40(10,49-14)34(45)27(8)52-30/h22-36,38,44-45,47-48H,15-21H2,1-14H3/t22-,23-,24+,25+,26-,27+,28+,29?,30+,31+,32-,33?,34+,35-,36-,38+,39-,40-,41-/m1/s1. The van der Waals surface area contributed by atoms with Gasteiger partial charge in [0.1, 0.15) is 23.9 Å². The first-order chi connectivity index (χ1) is 25.5. The second kappa shape index (κ2) is 18.5. The number of rotatable bonds is 9. The Balaban J connectivity index is 1.86. The average molecular weight is 789 g/mol.